The minimum absolute atomic E-state index is 0.0291. The lowest BCUT2D eigenvalue weighted by atomic mass is 9.97. The molecule has 1 N–H and O–H groups in total. The summed E-state index contributed by atoms with van der Waals surface area (Å²) >= 11 is 0. The Kier molecular flexibility index (Phi) is 6.58. The molecule has 1 atom stereocenters. The minimum atomic E-state index is -4.95. The molecule has 0 spiro atoms. The molecule has 3 aromatic rings. The third-order valence-electron chi connectivity index (χ3n) is 5.34. The Morgan fingerprint density at radius 2 is 1.69 bits per heavy atom. The highest BCUT2D eigenvalue weighted by molar-refractivity contribution is 5.95. The molecule has 1 aromatic carbocycles. The predicted molar refractivity (Wildman–Crippen MR) is 108 cm³/mol. The molecule has 0 bridgehead atoms. The van der Waals surface area contributed by atoms with E-state index in [1.54, 1.807) is 0 Å². The predicted octanol–water partition coefficient (Wildman–Crippen LogP) is 4.67. The molecule has 15 heteroatoms. The quantitative estimate of drug-likeness (QED) is 0.436. The van der Waals surface area contributed by atoms with E-state index in [0.29, 0.717) is 12.1 Å². The number of amides is 1. The van der Waals surface area contributed by atoms with E-state index < -0.39 is 53.3 Å². The van der Waals surface area contributed by atoms with Gasteiger partial charge < -0.3 is 10.1 Å². The Hall–Kier alpha value is -3.78. The van der Waals surface area contributed by atoms with Gasteiger partial charge in [-0.25, -0.2) is 23.7 Å². The minimum Gasteiger partial charge on any atom is -0.432 e. The number of aromatic nitrogens is 5. The second-order valence-electron chi connectivity index (χ2n) is 8.02. The van der Waals surface area contributed by atoms with Crippen LogP contribution in [0.15, 0.2) is 36.9 Å². The Morgan fingerprint density at radius 1 is 1.06 bits per heavy atom. The first-order valence-electron chi connectivity index (χ1n) is 10.4. The van der Waals surface area contributed by atoms with Crippen LogP contribution >= 0.6 is 0 Å². The average molecular weight is 518 g/mol. The van der Waals surface area contributed by atoms with Crippen LogP contribution in [0.3, 0.4) is 0 Å². The zero-order valence-electron chi connectivity index (χ0n) is 18.3. The van der Waals surface area contributed by atoms with Gasteiger partial charge in [0, 0.05) is 17.0 Å². The molecule has 1 unspecified atom stereocenters. The van der Waals surface area contributed by atoms with E-state index >= 15 is 0 Å². The van der Waals surface area contributed by atoms with Crippen molar-refractivity contribution in [3.05, 3.63) is 59.4 Å². The van der Waals surface area contributed by atoms with Crippen molar-refractivity contribution < 1.29 is 40.3 Å². The van der Waals surface area contributed by atoms with Gasteiger partial charge in [0.25, 0.3) is 17.8 Å². The fourth-order valence-corrected chi connectivity index (χ4v) is 3.42. The number of nitrogens with zero attached hydrogens (tertiary/aromatic N) is 5. The number of hydrogen-bond acceptors (Lipinski definition) is 6. The largest absolute Gasteiger partial charge is 0.432 e. The molecule has 0 saturated heterocycles. The summed E-state index contributed by atoms with van der Waals surface area (Å²) in [6.07, 6.45) is -1.62. The average Bonchev–Trinajstić information content (AvgIpc) is 3.56. The maximum Gasteiger partial charge on any atom is 0.416 e. The van der Waals surface area contributed by atoms with Gasteiger partial charge in [0.2, 0.25) is 0 Å². The van der Waals surface area contributed by atoms with Crippen molar-refractivity contribution in [2.24, 2.45) is 5.92 Å². The summed E-state index contributed by atoms with van der Waals surface area (Å²) in [6, 6.07) is 0.589. The number of hydrogen-bond donors (Lipinski definition) is 1. The number of ether oxygens (including phenoxy) is 1. The lowest BCUT2D eigenvalue weighted by Crippen LogP contribution is -2.30. The summed E-state index contributed by atoms with van der Waals surface area (Å²) in [6.45, 7) is -1.67. The van der Waals surface area contributed by atoms with Gasteiger partial charge in [-0.3, -0.25) is 4.79 Å². The van der Waals surface area contributed by atoms with Crippen LogP contribution in [0.1, 0.15) is 53.1 Å². The Balaban J connectivity index is 1.58. The van der Waals surface area contributed by atoms with Crippen LogP contribution in [-0.2, 0) is 12.1 Å². The highest BCUT2D eigenvalue weighted by atomic mass is 19.4. The molecule has 1 aliphatic rings. The monoisotopic (exact) mass is 518 g/mol. The van der Waals surface area contributed by atoms with Crippen molar-refractivity contribution in [2.45, 2.75) is 44.5 Å². The first kappa shape index (κ1) is 25.3. The van der Waals surface area contributed by atoms with Gasteiger partial charge in [-0.1, -0.05) is 0 Å². The first-order valence-corrected chi connectivity index (χ1v) is 10.4. The van der Waals surface area contributed by atoms with Crippen LogP contribution in [0.4, 0.5) is 30.7 Å². The second kappa shape index (κ2) is 9.35. The van der Waals surface area contributed by atoms with Gasteiger partial charge in [-0.2, -0.15) is 31.7 Å². The molecule has 2 aromatic heterocycles. The molecule has 1 amide bonds. The molecule has 2 heterocycles. The van der Waals surface area contributed by atoms with Crippen LogP contribution in [0, 0.1) is 5.92 Å². The molecule has 1 aliphatic carbocycles. The molecule has 0 aliphatic heterocycles. The van der Waals surface area contributed by atoms with E-state index in [-0.39, 0.29) is 30.4 Å². The fraction of sp³-hybridized carbons (Fsp3) is 0.381. The van der Waals surface area contributed by atoms with Crippen molar-refractivity contribution >= 4 is 5.91 Å². The molecule has 1 fully saturated rings. The summed E-state index contributed by atoms with van der Waals surface area (Å²) in [4.78, 5) is 24.4. The Morgan fingerprint density at radius 3 is 2.28 bits per heavy atom. The van der Waals surface area contributed by atoms with Gasteiger partial charge in [-0.15, -0.1) is 0 Å². The second-order valence-corrected chi connectivity index (χ2v) is 8.02. The van der Waals surface area contributed by atoms with E-state index in [9.17, 15) is 35.5 Å². The number of carbonyl (C=O) groups excluding carboxylic acids is 1. The van der Waals surface area contributed by atoms with E-state index in [1.807, 2.05) is 0 Å². The van der Waals surface area contributed by atoms with Gasteiger partial charge in [0.15, 0.2) is 11.6 Å². The SMILES string of the molecule is CC(NC(=O)c1cc(C(F)(F)F)cc(C(F)(F)C2CC2)c1)c1ncnn1-c1ncc(OC(F)F)cn1. The number of nitrogens with one attached hydrogen (secondary N) is 1. The van der Waals surface area contributed by atoms with Crippen molar-refractivity contribution in [2.75, 3.05) is 0 Å². The highest BCUT2D eigenvalue weighted by Gasteiger charge is 2.49. The summed E-state index contributed by atoms with van der Waals surface area (Å²) in [7, 11) is 0. The number of alkyl halides is 7. The number of rotatable bonds is 8. The molecule has 1 saturated carbocycles. The van der Waals surface area contributed by atoms with Crippen LogP contribution in [0.2, 0.25) is 0 Å². The smallest absolute Gasteiger partial charge is 0.416 e. The van der Waals surface area contributed by atoms with Gasteiger partial charge >= 0.3 is 12.8 Å². The highest BCUT2D eigenvalue weighted by Crippen LogP contribution is 2.50. The zero-order valence-corrected chi connectivity index (χ0v) is 18.3. The lowest BCUT2D eigenvalue weighted by molar-refractivity contribution is -0.137. The molecular weight excluding hydrogens is 501 g/mol. The number of carbonyl (C=O) groups is 1. The molecule has 36 heavy (non-hydrogen) atoms. The van der Waals surface area contributed by atoms with Crippen LogP contribution in [0.25, 0.3) is 5.95 Å². The first-order chi connectivity index (χ1) is 16.9. The summed E-state index contributed by atoms with van der Waals surface area (Å²) in [5, 5.41) is 6.28. The van der Waals surface area contributed by atoms with Crippen molar-refractivity contribution in [1.29, 1.82) is 0 Å². The van der Waals surface area contributed by atoms with Crippen LogP contribution in [0.5, 0.6) is 5.75 Å². The van der Waals surface area contributed by atoms with Crippen LogP contribution < -0.4 is 10.1 Å². The Labute approximate surface area is 198 Å². The number of halogens is 7. The van der Waals surface area contributed by atoms with Crippen molar-refractivity contribution in [3.8, 4) is 11.7 Å². The normalized spacial score (nSPS) is 15.1. The standard InChI is InChI=1S/C21H17F7N6O2/c1-10(16-31-9-32-34(16)19-29-7-15(8-30-19)36-18(22)23)33-17(35)11-4-13(20(24,25)12-2-3-12)6-14(5-11)21(26,27)28/h4-10,12,18H,2-3H2,1H3,(H,33,35). The van der Waals surface area contributed by atoms with E-state index in [4.69, 9.17) is 0 Å². The molecule has 0 radical (unpaired) electrons. The molecular formula is C21H17F7N6O2. The zero-order chi connectivity index (χ0) is 26.3. The fourth-order valence-electron chi connectivity index (χ4n) is 3.42. The third kappa shape index (κ3) is 5.39. The van der Waals surface area contributed by atoms with Crippen molar-refractivity contribution in [1.82, 2.24) is 30.0 Å². The van der Waals surface area contributed by atoms with E-state index in [1.165, 1.54) is 6.92 Å². The lowest BCUT2D eigenvalue weighted by Gasteiger charge is -2.20. The van der Waals surface area contributed by atoms with Gasteiger partial charge in [0.1, 0.15) is 6.33 Å². The summed E-state index contributed by atoms with van der Waals surface area (Å²) < 4.78 is 99.1. The molecule has 8 nitrogen and oxygen atoms in total. The maximum absolute atomic E-state index is 14.6. The van der Waals surface area contributed by atoms with Crippen LogP contribution in [-0.4, -0.2) is 37.3 Å². The molecule has 4 rings (SSSR count). The Bertz CT molecular complexity index is 1240. The topological polar surface area (TPSA) is 94.8 Å². The van der Waals surface area contributed by atoms with Gasteiger partial charge in [-0.05, 0) is 38.0 Å². The van der Waals surface area contributed by atoms with Crippen molar-refractivity contribution in [3.63, 3.8) is 0 Å². The van der Waals surface area contributed by atoms with Gasteiger partial charge in [0.05, 0.1) is 24.0 Å². The third-order valence-corrected chi connectivity index (χ3v) is 5.34. The van der Waals surface area contributed by atoms with E-state index in [2.05, 4.69) is 30.1 Å². The number of benzene rings is 1. The summed E-state index contributed by atoms with van der Waals surface area (Å²) in [5.74, 6) is -6.07. The van der Waals surface area contributed by atoms with E-state index in [0.717, 1.165) is 29.5 Å². The maximum atomic E-state index is 14.6. The molecule has 192 valence electrons. The summed E-state index contributed by atoms with van der Waals surface area (Å²) in [5.41, 5.74) is -2.87.